The first kappa shape index (κ1) is 17.6. The fourth-order valence-corrected chi connectivity index (χ4v) is 3.78. The molecule has 0 spiro atoms. The Kier molecular flexibility index (Phi) is 5.87. The summed E-state index contributed by atoms with van der Waals surface area (Å²) in [4.78, 5) is 23.1. The molecule has 0 aliphatic carbocycles. The number of anilines is 1. The number of hydrogen-bond acceptors (Lipinski definition) is 5. The Hall–Kier alpha value is -1.45. The molecule has 0 bridgehead atoms. The average molecular weight is 334 g/mol. The van der Waals surface area contributed by atoms with E-state index in [2.05, 4.69) is 10.0 Å². The molecule has 0 saturated heterocycles. The Morgan fingerprint density at radius 2 is 2.05 bits per heavy atom. The highest BCUT2D eigenvalue weighted by Gasteiger charge is 2.23. The minimum atomic E-state index is -3.52. The van der Waals surface area contributed by atoms with Gasteiger partial charge in [0.1, 0.15) is 4.88 Å². The summed E-state index contributed by atoms with van der Waals surface area (Å²) in [6, 6.07) is -0.984. The maximum atomic E-state index is 12.0. The molecular formula is C12H18N2O5S2. The van der Waals surface area contributed by atoms with E-state index in [0.29, 0.717) is 12.0 Å². The Morgan fingerprint density at radius 1 is 1.43 bits per heavy atom. The standard InChI is InChI=1S/C12H18N2O5S2/c1-4-5-21(18,19)14-8(3)11(15)13-9-7(2)6-20-10(9)12(16)17/h6,8,14H,4-5H2,1-3H3,(H,13,15)(H,16,17). The van der Waals surface area contributed by atoms with Crippen molar-refractivity contribution in [2.45, 2.75) is 33.2 Å². The van der Waals surface area contributed by atoms with Crippen molar-refractivity contribution in [1.29, 1.82) is 0 Å². The number of sulfonamides is 1. The summed E-state index contributed by atoms with van der Waals surface area (Å²) in [5, 5.41) is 13.1. The molecule has 0 fully saturated rings. The average Bonchev–Trinajstić information content (AvgIpc) is 2.70. The molecule has 0 radical (unpaired) electrons. The predicted molar refractivity (Wildman–Crippen MR) is 81.3 cm³/mol. The van der Waals surface area contributed by atoms with Crippen LogP contribution in [0.25, 0.3) is 0 Å². The molecule has 1 aromatic rings. The number of carbonyl (C=O) groups excluding carboxylic acids is 1. The molecule has 3 N–H and O–H groups in total. The zero-order chi connectivity index (χ0) is 16.2. The van der Waals surface area contributed by atoms with Gasteiger partial charge in [0, 0.05) is 0 Å². The quantitative estimate of drug-likeness (QED) is 0.698. The number of amides is 1. The van der Waals surface area contributed by atoms with Gasteiger partial charge in [-0.3, -0.25) is 4.79 Å². The Balaban J connectivity index is 2.82. The van der Waals surface area contributed by atoms with Crippen LogP contribution in [0.5, 0.6) is 0 Å². The third-order valence-electron chi connectivity index (χ3n) is 2.64. The second kappa shape index (κ2) is 7.01. The first-order chi connectivity index (χ1) is 9.68. The van der Waals surface area contributed by atoms with E-state index in [4.69, 9.17) is 5.11 Å². The third kappa shape index (κ3) is 4.80. The number of carbonyl (C=O) groups is 2. The van der Waals surface area contributed by atoms with E-state index in [1.807, 2.05) is 0 Å². The van der Waals surface area contributed by atoms with Crippen LogP contribution in [0.2, 0.25) is 0 Å². The van der Waals surface area contributed by atoms with Crippen LogP contribution < -0.4 is 10.0 Å². The summed E-state index contributed by atoms with van der Waals surface area (Å²) in [5.74, 6) is -1.80. The Labute approximate surface area is 127 Å². The number of hydrogen-bond donors (Lipinski definition) is 3. The summed E-state index contributed by atoms with van der Waals surface area (Å²) < 4.78 is 25.5. The third-order valence-corrected chi connectivity index (χ3v) is 5.38. The van der Waals surface area contributed by atoms with E-state index in [1.54, 1.807) is 19.2 Å². The lowest BCUT2D eigenvalue weighted by Gasteiger charge is -2.14. The topological polar surface area (TPSA) is 113 Å². The van der Waals surface area contributed by atoms with Crippen LogP contribution in [-0.4, -0.2) is 37.2 Å². The molecule has 1 heterocycles. The molecule has 1 amide bonds. The summed E-state index contributed by atoms with van der Waals surface area (Å²) in [5.41, 5.74) is 0.827. The first-order valence-corrected chi connectivity index (χ1v) is 8.83. The summed E-state index contributed by atoms with van der Waals surface area (Å²) in [6.07, 6.45) is 0.441. The van der Waals surface area contributed by atoms with Gasteiger partial charge in [-0.1, -0.05) is 6.92 Å². The molecule has 0 aliphatic heterocycles. The fourth-order valence-electron chi connectivity index (χ4n) is 1.64. The molecule has 21 heavy (non-hydrogen) atoms. The van der Waals surface area contributed by atoms with E-state index in [-0.39, 0.29) is 16.3 Å². The van der Waals surface area contributed by atoms with Gasteiger partial charge in [0.2, 0.25) is 15.9 Å². The van der Waals surface area contributed by atoms with Gasteiger partial charge in [-0.05, 0) is 31.2 Å². The molecule has 0 aliphatic rings. The monoisotopic (exact) mass is 334 g/mol. The highest BCUT2D eigenvalue weighted by Crippen LogP contribution is 2.27. The van der Waals surface area contributed by atoms with Crippen molar-refractivity contribution in [3.63, 3.8) is 0 Å². The molecule has 7 nitrogen and oxygen atoms in total. The predicted octanol–water partition coefficient (Wildman–Crippen LogP) is 1.41. The first-order valence-electron chi connectivity index (χ1n) is 6.30. The van der Waals surface area contributed by atoms with Crippen LogP contribution in [0.4, 0.5) is 5.69 Å². The minimum absolute atomic E-state index is 0.0180. The van der Waals surface area contributed by atoms with Gasteiger partial charge >= 0.3 is 5.97 Å². The maximum absolute atomic E-state index is 12.0. The second-order valence-electron chi connectivity index (χ2n) is 4.58. The lowest BCUT2D eigenvalue weighted by Crippen LogP contribution is -2.42. The van der Waals surface area contributed by atoms with Crippen molar-refractivity contribution < 1.29 is 23.1 Å². The van der Waals surface area contributed by atoms with E-state index >= 15 is 0 Å². The lowest BCUT2D eigenvalue weighted by atomic mass is 10.2. The lowest BCUT2D eigenvalue weighted by molar-refractivity contribution is -0.117. The maximum Gasteiger partial charge on any atom is 0.348 e. The number of rotatable bonds is 7. The van der Waals surface area contributed by atoms with Crippen molar-refractivity contribution in [3.8, 4) is 0 Å². The molecule has 1 aromatic heterocycles. The smallest absolute Gasteiger partial charge is 0.348 e. The van der Waals surface area contributed by atoms with Crippen molar-refractivity contribution >= 4 is 38.9 Å². The fraction of sp³-hybridized carbons (Fsp3) is 0.500. The highest BCUT2D eigenvalue weighted by molar-refractivity contribution is 7.89. The minimum Gasteiger partial charge on any atom is -0.477 e. The van der Waals surface area contributed by atoms with Crippen LogP contribution in [-0.2, 0) is 14.8 Å². The van der Waals surface area contributed by atoms with Gasteiger partial charge in [0.25, 0.3) is 0 Å². The van der Waals surface area contributed by atoms with Gasteiger partial charge in [-0.2, -0.15) is 0 Å². The Bertz CT molecular complexity index is 636. The highest BCUT2D eigenvalue weighted by atomic mass is 32.2. The van der Waals surface area contributed by atoms with Crippen LogP contribution in [0, 0.1) is 6.92 Å². The molecule has 118 valence electrons. The van der Waals surface area contributed by atoms with Crippen LogP contribution in [0.3, 0.4) is 0 Å². The van der Waals surface area contributed by atoms with Gasteiger partial charge in [-0.25, -0.2) is 17.9 Å². The zero-order valence-electron chi connectivity index (χ0n) is 12.0. The van der Waals surface area contributed by atoms with E-state index in [0.717, 1.165) is 11.3 Å². The number of carboxylic acids is 1. The number of thiophene rings is 1. The van der Waals surface area contributed by atoms with Gasteiger partial charge < -0.3 is 10.4 Å². The molecule has 9 heteroatoms. The van der Waals surface area contributed by atoms with Crippen LogP contribution >= 0.6 is 11.3 Å². The summed E-state index contributed by atoms with van der Waals surface area (Å²) >= 11 is 1.01. The van der Waals surface area contributed by atoms with Crippen LogP contribution in [0.15, 0.2) is 5.38 Å². The summed E-state index contributed by atoms with van der Waals surface area (Å²) in [7, 11) is -3.52. The number of carboxylic acid groups (broad SMARTS) is 1. The van der Waals surface area contributed by atoms with E-state index < -0.39 is 27.9 Å². The Morgan fingerprint density at radius 3 is 2.57 bits per heavy atom. The largest absolute Gasteiger partial charge is 0.477 e. The molecule has 0 aromatic carbocycles. The van der Waals surface area contributed by atoms with Gasteiger partial charge in [-0.15, -0.1) is 11.3 Å². The normalized spacial score (nSPS) is 12.9. The van der Waals surface area contributed by atoms with Crippen molar-refractivity contribution in [3.05, 3.63) is 15.8 Å². The van der Waals surface area contributed by atoms with Crippen LogP contribution in [0.1, 0.15) is 35.5 Å². The van der Waals surface area contributed by atoms with E-state index in [9.17, 15) is 18.0 Å². The SMILES string of the molecule is CCCS(=O)(=O)NC(C)C(=O)Nc1c(C)csc1C(=O)O. The molecular weight excluding hydrogens is 316 g/mol. The van der Waals surface area contributed by atoms with E-state index in [1.165, 1.54) is 6.92 Å². The number of aromatic carboxylic acids is 1. The van der Waals surface area contributed by atoms with Crippen molar-refractivity contribution in [2.75, 3.05) is 11.1 Å². The number of nitrogens with one attached hydrogen (secondary N) is 2. The van der Waals surface area contributed by atoms with Crippen molar-refractivity contribution in [1.82, 2.24) is 4.72 Å². The molecule has 1 rings (SSSR count). The molecule has 1 atom stereocenters. The van der Waals surface area contributed by atoms with Crippen molar-refractivity contribution in [2.24, 2.45) is 0 Å². The molecule has 1 unspecified atom stereocenters. The number of aryl methyl sites for hydroxylation is 1. The zero-order valence-corrected chi connectivity index (χ0v) is 13.6. The second-order valence-corrected chi connectivity index (χ2v) is 7.33. The van der Waals surface area contributed by atoms with Gasteiger partial charge in [0.05, 0.1) is 17.5 Å². The molecule has 0 saturated carbocycles. The van der Waals surface area contributed by atoms with Gasteiger partial charge in [0.15, 0.2) is 0 Å². The summed E-state index contributed by atoms with van der Waals surface area (Å²) in [6.45, 7) is 4.80.